The Morgan fingerprint density at radius 2 is 1.79 bits per heavy atom. The fourth-order valence-corrected chi connectivity index (χ4v) is 3.97. The summed E-state index contributed by atoms with van der Waals surface area (Å²) in [5.74, 6) is -1.46. The molecule has 3 amide bonds. The van der Waals surface area contributed by atoms with E-state index in [1.54, 1.807) is 12.1 Å². The van der Waals surface area contributed by atoms with Crippen LogP contribution >= 0.6 is 0 Å². The molecule has 1 saturated heterocycles. The van der Waals surface area contributed by atoms with Crippen LogP contribution in [0.25, 0.3) is 0 Å². The highest BCUT2D eigenvalue weighted by molar-refractivity contribution is 5.92. The van der Waals surface area contributed by atoms with Gasteiger partial charge in [-0.3, -0.25) is 19.8 Å². The Labute approximate surface area is 199 Å². The summed E-state index contributed by atoms with van der Waals surface area (Å²) in [4.78, 5) is 39.2. The number of rotatable bonds is 9. The molecule has 0 spiro atoms. The number of hydrogen-bond donors (Lipinski definition) is 7. The van der Waals surface area contributed by atoms with Crippen molar-refractivity contribution in [3.05, 3.63) is 29.8 Å². The maximum absolute atomic E-state index is 13.1. The predicted octanol–water partition coefficient (Wildman–Crippen LogP) is -0.237. The lowest BCUT2D eigenvalue weighted by Gasteiger charge is -2.39. The monoisotopic (exact) mass is 476 g/mol. The number of likely N-dealkylation sites (tertiary alicyclic amines) is 1. The normalized spacial score (nSPS) is 19.7. The summed E-state index contributed by atoms with van der Waals surface area (Å²) in [5.41, 5.74) is 6.25. The second-order valence-corrected chi connectivity index (χ2v) is 9.06. The van der Waals surface area contributed by atoms with Crippen LogP contribution in [0.15, 0.2) is 24.3 Å². The van der Waals surface area contributed by atoms with Gasteiger partial charge in [0.1, 0.15) is 24.1 Å². The number of phenolic OH excluding ortho intramolecular Hbond substituents is 1. The van der Waals surface area contributed by atoms with Crippen molar-refractivity contribution >= 4 is 23.7 Å². The van der Waals surface area contributed by atoms with Gasteiger partial charge in [-0.25, -0.2) is 0 Å². The number of piperidine rings is 1. The number of aromatic hydroxyl groups is 1. The molecule has 188 valence electrons. The number of carbonyl (C=O) groups excluding carboxylic acids is 3. The molecule has 1 fully saturated rings. The Hall–Kier alpha value is -3.34. The minimum absolute atomic E-state index is 0.0809. The van der Waals surface area contributed by atoms with E-state index in [1.807, 2.05) is 13.8 Å². The van der Waals surface area contributed by atoms with E-state index in [0.717, 1.165) is 5.56 Å². The van der Waals surface area contributed by atoms with Gasteiger partial charge in [0.05, 0.1) is 6.04 Å². The number of nitrogens with two attached hydrogens (primary N) is 1. The average molecular weight is 477 g/mol. The number of benzene rings is 1. The number of amides is 3. The van der Waals surface area contributed by atoms with Crippen molar-refractivity contribution in [3.8, 4) is 5.75 Å². The molecule has 11 heteroatoms. The van der Waals surface area contributed by atoms with Crippen LogP contribution in [0, 0.1) is 11.3 Å². The fourth-order valence-electron chi connectivity index (χ4n) is 3.97. The second kappa shape index (κ2) is 12.2. The van der Waals surface area contributed by atoms with Crippen molar-refractivity contribution < 1.29 is 24.6 Å². The quantitative estimate of drug-likeness (QED) is 0.190. The van der Waals surface area contributed by atoms with Gasteiger partial charge >= 0.3 is 0 Å². The number of aliphatic hydroxyl groups excluding tert-OH is 1. The van der Waals surface area contributed by atoms with Crippen molar-refractivity contribution in [3.63, 3.8) is 0 Å². The lowest BCUT2D eigenvalue weighted by molar-refractivity contribution is -0.133. The Morgan fingerprint density at radius 3 is 2.35 bits per heavy atom. The zero-order valence-corrected chi connectivity index (χ0v) is 19.9. The van der Waals surface area contributed by atoms with Crippen LogP contribution in [-0.4, -0.2) is 69.7 Å². The highest BCUT2D eigenvalue weighted by Gasteiger charge is 2.34. The van der Waals surface area contributed by atoms with Crippen LogP contribution in [0.2, 0.25) is 0 Å². The molecular weight excluding hydrogens is 440 g/mol. The van der Waals surface area contributed by atoms with E-state index in [9.17, 15) is 24.6 Å². The molecule has 1 aromatic carbocycles. The third kappa shape index (κ3) is 7.91. The van der Waals surface area contributed by atoms with E-state index in [4.69, 9.17) is 11.1 Å². The summed E-state index contributed by atoms with van der Waals surface area (Å²) in [7, 11) is 0. The molecule has 1 aliphatic rings. The van der Waals surface area contributed by atoms with E-state index in [-0.39, 0.29) is 24.0 Å². The van der Waals surface area contributed by atoms with Gasteiger partial charge in [0.25, 0.3) is 0 Å². The first-order chi connectivity index (χ1) is 16.0. The molecule has 0 aliphatic carbocycles. The molecule has 1 unspecified atom stereocenters. The first-order valence-corrected chi connectivity index (χ1v) is 11.4. The van der Waals surface area contributed by atoms with Crippen LogP contribution in [0.4, 0.5) is 0 Å². The standard InChI is InChI=1S/C23H36N6O5/c1-13(2)11-18(20(32)27-17-5-4-10-29(22(17)34)23(24)25)28-21(33)19(26-14(3)30)12-15-6-8-16(31)9-7-15/h6-9,13,17-19,22,31,34H,4-5,10-12H2,1-3H3,(H3,24,25)(H,26,30)(H,27,32)(H,28,33)/t17-,18-,19-,22?/m0/s1. The van der Waals surface area contributed by atoms with Crippen molar-refractivity contribution in [2.45, 2.75) is 70.8 Å². The van der Waals surface area contributed by atoms with E-state index in [2.05, 4.69) is 16.0 Å². The third-order valence-corrected chi connectivity index (χ3v) is 5.64. The number of phenols is 1. The second-order valence-electron chi connectivity index (χ2n) is 9.06. The predicted molar refractivity (Wildman–Crippen MR) is 127 cm³/mol. The van der Waals surface area contributed by atoms with Crippen molar-refractivity contribution in [2.24, 2.45) is 11.7 Å². The van der Waals surface area contributed by atoms with Gasteiger partial charge in [0.15, 0.2) is 5.96 Å². The van der Waals surface area contributed by atoms with Crippen LogP contribution in [-0.2, 0) is 20.8 Å². The Bertz CT molecular complexity index is 875. The van der Waals surface area contributed by atoms with Gasteiger partial charge in [-0.2, -0.15) is 0 Å². The molecule has 2 rings (SSSR count). The SMILES string of the molecule is CC(=O)N[C@@H](Cc1ccc(O)cc1)C(=O)N[C@@H](CC(C)C)C(=O)N[C@H]1CCCN(C(=N)N)C1O. The lowest BCUT2D eigenvalue weighted by Crippen LogP contribution is -2.61. The average Bonchev–Trinajstić information content (AvgIpc) is 2.74. The van der Waals surface area contributed by atoms with Crippen molar-refractivity contribution in [2.75, 3.05) is 6.54 Å². The summed E-state index contributed by atoms with van der Waals surface area (Å²) < 4.78 is 0. The molecule has 1 heterocycles. The van der Waals surface area contributed by atoms with Gasteiger partial charge in [0.2, 0.25) is 17.7 Å². The summed E-state index contributed by atoms with van der Waals surface area (Å²) >= 11 is 0. The summed E-state index contributed by atoms with van der Waals surface area (Å²) in [6.45, 7) is 5.56. The molecule has 0 radical (unpaired) electrons. The van der Waals surface area contributed by atoms with Crippen LogP contribution in [0.3, 0.4) is 0 Å². The van der Waals surface area contributed by atoms with Gasteiger partial charge in [-0.15, -0.1) is 0 Å². The molecule has 8 N–H and O–H groups in total. The maximum atomic E-state index is 13.1. The Kier molecular flexibility index (Phi) is 9.67. The molecule has 4 atom stereocenters. The van der Waals surface area contributed by atoms with E-state index >= 15 is 0 Å². The van der Waals surface area contributed by atoms with Gasteiger partial charge in [-0.05, 0) is 42.9 Å². The van der Waals surface area contributed by atoms with E-state index < -0.39 is 42.1 Å². The van der Waals surface area contributed by atoms with Crippen molar-refractivity contribution in [1.29, 1.82) is 5.41 Å². The zero-order valence-electron chi connectivity index (χ0n) is 19.9. The summed E-state index contributed by atoms with van der Waals surface area (Å²) in [5, 5.41) is 35.7. The molecule has 0 saturated carbocycles. The number of carbonyl (C=O) groups is 3. The molecule has 1 aliphatic heterocycles. The number of guanidine groups is 1. The van der Waals surface area contributed by atoms with Crippen LogP contribution in [0.5, 0.6) is 5.75 Å². The first kappa shape index (κ1) is 26.9. The Balaban J connectivity index is 2.13. The smallest absolute Gasteiger partial charge is 0.243 e. The zero-order chi connectivity index (χ0) is 25.4. The van der Waals surface area contributed by atoms with Gasteiger partial charge in [-0.1, -0.05) is 26.0 Å². The van der Waals surface area contributed by atoms with Gasteiger partial charge in [0, 0.05) is 19.9 Å². The minimum atomic E-state index is -1.13. The van der Waals surface area contributed by atoms with Crippen LogP contribution < -0.4 is 21.7 Å². The number of aliphatic hydroxyl groups is 1. The lowest BCUT2D eigenvalue weighted by atomic mass is 9.99. The molecule has 0 bridgehead atoms. The molecule has 11 nitrogen and oxygen atoms in total. The number of nitrogens with one attached hydrogen (secondary N) is 4. The summed E-state index contributed by atoms with van der Waals surface area (Å²) in [6, 6.07) is 3.85. The molecule has 0 aromatic heterocycles. The Morgan fingerprint density at radius 1 is 1.15 bits per heavy atom. The van der Waals surface area contributed by atoms with E-state index in [0.29, 0.717) is 25.8 Å². The first-order valence-electron chi connectivity index (χ1n) is 11.4. The fraction of sp³-hybridized carbons (Fsp3) is 0.565. The topological polar surface area (TPSA) is 181 Å². The number of hydrogen-bond acceptors (Lipinski definition) is 6. The molecular formula is C23H36N6O5. The highest BCUT2D eigenvalue weighted by atomic mass is 16.3. The van der Waals surface area contributed by atoms with E-state index in [1.165, 1.54) is 24.0 Å². The van der Waals surface area contributed by atoms with Gasteiger partial charge < -0.3 is 36.8 Å². The van der Waals surface area contributed by atoms with Crippen LogP contribution in [0.1, 0.15) is 45.6 Å². The molecule has 1 aromatic rings. The highest BCUT2D eigenvalue weighted by Crippen LogP contribution is 2.17. The summed E-state index contributed by atoms with van der Waals surface area (Å²) in [6.07, 6.45) is 0.542. The number of nitrogens with zero attached hydrogens (tertiary/aromatic N) is 1. The largest absolute Gasteiger partial charge is 0.508 e. The third-order valence-electron chi connectivity index (χ3n) is 5.64. The minimum Gasteiger partial charge on any atom is -0.508 e. The maximum Gasteiger partial charge on any atom is 0.243 e. The van der Waals surface area contributed by atoms with Crippen molar-refractivity contribution in [1.82, 2.24) is 20.9 Å². The molecule has 34 heavy (non-hydrogen) atoms.